The molecule has 0 aliphatic rings. The quantitative estimate of drug-likeness (QED) is 0.526. The van der Waals surface area contributed by atoms with Gasteiger partial charge in [-0.05, 0) is 48.9 Å². The minimum atomic E-state index is -0.196. The standard InChI is InChI=1S/C24H25N3O3/c1-17(18-8-4-3-5-9-18)26-24(29)19-12-14-20(15-13-19)25-16-23(28)27-21-10-6-7-11-22(21)30-2/h3-15,17,25H,16H2,1-2H3,(H,26,29)(H,27,28). The van der Waals surface area contributed by atoms with E-state index in [-0.39, 0.29) is 24.4 Å². The Morgan fingerprint density at radius 1 is 0.900 bits per heavy atom. The van der Waals surface area contributed by atoms with Gasteiger partial charge in [0.05, 0.1) is 25.4 Å². The number of para-hydroxylation sites is 2. The summed E-state index contributed by atoms with van der Waals surface area (Å²) in [6.07, 6.45) is 0. The van der Waals surface area contributed by atoms with Crippen LogP contribution in [0.1, 0.15) is 28.9 Å². The van der Waals surface area contributed by atoms with E-state index in [1.807, 2.05) is 49.4 Å². The fraction of sp³-hybridized carbons (Fsp3) is 0.167. The van der Waals surface area contributed by atoms with E-state index in [4.69, 9.17) is 4.74 Å². The van der Waals surface area contributed by atoms with Gasteiger partial charge < -0.3 is 20.7 Å². The summed E-state index contributed by atoms with van der Waals surface area (Å²) in [6, 6.07) is 24.0. The zero-order valence-electron chi connectivity index (χ0n) is 17.0. The van der Waals surface area contributed by atoms with E-state index in [0.29, 0.717) is 17.0 Å². The molecule has 6 nitrogen and oxygen atoms in total. The molecule has 0 saturated carbocycles. The molecular weight excluding hydrogens is 378 g/mol. The summed E-state index contributed by atoms with van der Waals surface area (Å²) in [5, 5.41) is 8.84. The second-order valence-electron chi connectivity index (χ2n) is 6.79. The third kappa shape index (κ3) is 5.61. The molecule has 3 rings (SSSR count). The first-order valence-corrected chi connectivity index (χ1v) is 9.69. The molecule has 0 aromatic heterocycles. The first-order valence-electron chi connectivity index (χ1n) is 9.69. The largest absolute Gasteiger partial charge is 0.495 e. The van der Waals surface area contributed by atoms with Gasteiger partial charge in [-0.1, -0.05) is 42.5 Å². The normalized spacial score (nSPS) is 11.3. The van der Waals surface area contributed by atoms with Crippen molar-refractivity contribution in [3.8, 4) is 5.75 Å². The molecule has 154 valence electrons. The molecule has 1 atom stereocenters. The number of anilines is 2. The van der Waals surface area contributed by atoms with Crippen molar-refractivity contribution in [2.75, 3.05) is 24.3 Å². The fourth-order valence-electron chi connectivity index (χ4n) is 2.97. The Balaban J connectivity index is 1.51. The van der Waals surface area contributed by atoms with Gasteiger partial charge in [-0.2, -0.15) is 0 Å². The van der Waals surface area contributed by atoms with E-state index < -0.39 is 0 Å². The average molecular weight is 403 g/mol. The number of nitrogens with one attached hydrogen (secondary N) is 3. The maximum absolute atomic E-state index is 12.5. The predicted octanol–water partition coefficient (Wildman–Crippen LogP) is 4.24. The molecular formula is C24H25N3O3. The highest BCUT2D eigenvalue weighted by Crippen LogP contribution is 2.22. The highest BCUT2D eigenvalue weighted by atomic mass is 16.5. The molecule has 0 radical (unpaired) electrons. The highest BCUT2D eigenvalue weighted by Gasteiger charge is 2.11. The van der Waals surface area contributed by atoms with E-state index in [9.17, 15) is 9.59 Å². The van der Waals surface area contributed by atoms with E-state index in [0.717, 1.165) is 11.3 Å². The van der Waals surface area contributed by atoms with Gasteiger partial charge in [-0.3, -0.25) is 9.59 Å². The number of carbonyl (C=O) groups excluding carboxylic acids is 2. The van der Waals surface area contributed by atoms with Crippen molar-refractivity contribution in [2.45, 2.75) is 13.0 Å². The minimum absolute atomic E-state index is 0.0878. The van der Waals surface area contributed by atoms with Crippen LogP contribution in [0.2, 0.25) is 0 Å². The smallest absolute Gasteiger partial charge is 0.251 e. The molecule has 0 saturated heterocycles. The molecule has 1 unspecified atom stereocenters. The van der Waals surface area contributed by atoms with Crippen LogP contribution >= 0.6 is 0 Å². The van der Waals surface area contributed by atoms with Gasteiger partial charge in [0.1, 0.15) is 5.75 Å². The Morgan fingerprint density at radius 2 is 1.57 bits per heavy atom. The third-order valence-electron chi connectivity index (χ3n) is 4.63. The lowest BCUT2D eigenvalue weighted by Crippen LogP contribution is -2.26. The van der Waals surface area contributed by atoms with E-state index >= 15 is 0 Å². The van der Waals surface area contributed by atoms with Crippen molar-refractivity contribution in [3.05, 3.63) is 90.0 Å². The first kappa shape index (κ1) is 20.9. The molecule has 3 N–H and O–H groups in total. The van der Waals surface area contributed by atoms with E-state index in [1.165, 1.54) is 0 Å². The lowest BCUT2D eigenvalue weighted by atomic mass is 10.1. The molecule has 0 aliphatic heterocycles. The average Bonchev–Trinajstić information content (AvgIpc) is 2.79. The van der Waals surface area contributed by atoms with Crippen molar-refractivity contribution in [3.63, 3.8) is 0 Å². The molecule has 6 heteroatoms. The van der Waals surface area contributed by atoms with Crippen LogP contribution in [-0.2, 0) is 4.79 Å². The Bertz CT molecular complexity index is 988. The zero-order valence-corrected chi connectivity index (χ0v) is 17.0. The summed E-state index contributed by atoms with van der Waals surface area (Å²) < 4.78 is 5.23. The molecule has 3 aromatic carbocycles. The van der Waals surface area contributed by atoms with Crippen LogP contribution in [0.15, 0.2) is 78.9 Å². The van der Waals surface area contributed by atoms with Gasteiger partial charge in [0.15, 0.2) is 0 Å². The SMILES string of the molecule is COc1ccccc1NC(=O)CNc1ccc(C(=O)NC(C)c2ccccc2)cc1. The van der Waals surface area contributed by atoms with Gasteiger partial charge in [-0.15, -0.1) is 0 Å². The summed E-state index contributed by atoms with van der Waals surface area (Å²) in [5.41, 5.74) is 2.97. The van der Waals surface area contributed by atoms with Gasteiger partial charge in [0.2, 0.25) is 5.91 Å². The molecule has 0 heterocycles. The zero-order chi connectivity index (χ0) is 21.3. The second kappa shape index (κ2) is 10.1. The van der Waals surface area contributed by atoms with Crippen LogP contribution in [0.4, 0.5) is 11.4 Å². The Morgan fingerprint density at radius 3 is 2.27 bits per heavy atom. The van der Waals surface area contributed by atoms with Crippen molar-refractivity contribution in [1.29, 1.82) is 0 Å². The topological polar surface area (TPSA) is 79.5 Å². The van der Waals surface area contributed by atoms with Crippen LogP contribution in [0.5, 0.6) is 5.75 Å². The molecule has 2 amide bonds. The summed E-state index contributed by atoms with van der Waals surface area (Å²) >= 11 is 0. The molecule has 0 spiro atoms. The lowest BCUT2D eigenvalue weighted by molar-refractivity contribution is -0.114. The predicted molar refractivity (Wildman–Crippen MR) is 119 cm³/mol. The van der Waals surface area contributed by atoms with Crippen LogP contribution in [0, 0.1) is 0 Å². The number of ether oxygens (including phenoxy) is 1. The lowest BCUT2D eigenvalue weighted by Gasteiger charge is -2.14. The Hall–Kier alpha value is -3.80. The number of benzene rings is 3. The van der Waals surface area contributed by atoms with Gasteiger partial charge in [0, 0.05) is 11.3 Å². The van der Waals surface area contributed by atoms with Crippen LogP contribution in [-0.4, -0.2) is 25.5 Å². The van der Waals surface area contributed by atoms with Crippen LogP contribution in [0.3, 0.4) is 0 Å². The first-order chi connectivity index (χ1) is 14.6. The van der Waals surface area contributed by atoms with Crippen LogP contribution in [0.25, 0.3) is 0 Å². The molecule has 0 bridgehead atoms. The molecule has 0 fully saturated rings. The van der Waals surface area contributed by atoms with Gasteiger partial charge >= 0.3 is 0 Å². The number of amides is 2. The molecule has 30 heavy (non-hydrogen) atoms. The summed E-state index contributed by atoms with van der Waals surface area (Å²) in [5.74, 6) is 0.260. The van der Waals surface area contributed by atoms with Crippen molar-refractivity contribution in [2.24, 2.45) is 0 Å². The fourth-order valence-corrected chi connectivity index (χ4v) is 2.97. The molecule has 0 aliphatic carbocycles. The van der Waals surface area contributed by atoms with E-state index in [2.05, 4.69) is 16.0 Å². The van der Waals surface area contributed by atoms with Crippen molar-refractivity contribution >= 4 is 23.2 Å². The monoisotopic (exact) mass is 403 g/mol. The number of hydrogen-bond donors (Lipinski definition) is 3. The van der Waals surface area contributed by atoms with Gasteiger partial charge in [-0.25, -0.2) is 0 Å². The number of methoxy groups -OCH3 is 1. The third-order valence-corrected chi connectivity index (χ3v) is 4.63. The number of rotatable bonds is 8. The second-order valence-corrected chi connectivity index (χ2v) is 6.79. The van der Waals surface area contributed by atoms with E-state index in [1.54, 1.807) is 43.5 Å². The maximum atomic E-state index is 12.5. The van der Waals surface area contributed by atoms with Crippen LogP contribution < -0.4 is 20.7 Å². The highest BCUT2D eigenvalue weighted by molar-refractivity contribution is 5.96. The summed E-state index contributed by atoms with van der Waals surface area (Å²) in [7, 11) is 1.56. The summed E-state index contributed by atoms with van der Waals surface area (Å²) in [6.45, 7) is 2.04. The Kier molecular flexibility index (Phi) is 7.05. The molecule has 3 aromatic rings. The van der Waals surface area contributed by atoms with Crippen molar-refractivity contribution in [1.82, 2.24) is 5.32 Å². The Labute approximate surface area is 176 Å². The summed E-state index contributed by atoms with van der Waals surface area (Å²) in [4.78, 5) is 24.7. The number of hydrogen-bond acceptors (Lipinski definition) is 4. The minimum Gasteiger partial charge on any atom is -0.495 e. The maximum Gasteiger partial charge on any atom is 0.251 e. The number of carbonyl (C=O) groups is 2. The van der Waals surface area contributed by atoms with Crippen molar-refractivity contribution < 1.29 is 14.3 Å². The van der Waals surface area contributed by atoms with Gasteiger partial charge in [0.25, 0.3) is 5.91 Å².